The molecule has 19 heavy (non-hydrogen) atoms. The van der Waals surface area contributed by atoms with Gasteiger partial charge in [-0.3, -0.25) is 4.79 Å². The summed E-state index contributed by atoms with van der Waals surface area (Å²) < 4.78 is 0. The fraction of sp³-hybridized carbons (Fsp3) is 0.588. The summed E-state index contributed by atoms with van der Waals surface area (Å²) >= 11 is 0. The number of nitrogens with one attached hydrogen (secondary N) is 1. The van der Waals surface area contributed by atoms with Crippen LogP contribution in [0.3, 0.4) is 0 Å². The predicted molar refractivity (Wildman–Crippen MR) is 84.1 cm³/mol. The van der Waals surface area contributed by atoms with Gasteiger partial charge in [-0.1, -0.05) is 44.9 Å². The van der Waals surface area contributed by atoms with Crippen LogP contribution in [0.5, 0.6) is 0 Å². The van der Waals surface area contributed by atoms with E-state index >= 15 is 0 Å². The quantitative estimate of drug-likeness (QED) is 0.489. The molecule has 0 aromatic heterocycles. The molecule has 1 N–H and O–H groups in total. The molecule has 0 radical (unpaired) electrons. The molecule has 0 fully saturated rings. The number of allylic oxidation sites excluding steroid dienone is 4. The topological polar surface area (TPSA) is 29.1 Å². The zero-order chi connectivity index (χ0) is 14.8. The largest absolute Gasteiger partial charge is 0.382 e. The van der Waals surface area contributed by atoms with E-state index < -0.39 is 0 Å². The molecule has 2 heteroatoms. The van der Waals surface area contributed by atoms with Crippen LogP contribution in [0.1, 0.15) is 60.3 Å². The molecule has 0 rings (SSSR count). The van der Waals surface area contributed by atoms with Crippen molar-refractivity contribution in [1.29, 1.82) is 0 Å². The number of carbonyl (C=O) groups excluding carboxylic acids is 1. The van der Waals surface area contributed by atoms with Crippen LogP contribution in [0.15, 0.2) is 35.6 Å². The van der Waals surface area contributed by atoms with Crippen molar-refractivity contribution in [2.75, 3.05) is 0 Å². The number of ketones is 1. The van der Waals surface area contributed by atoms with E-state index in [1.54, 1.807) is 6.92 Å². The molecule has 0 atom stereocenters. The molecule has 0 heterocycles. The first-order valence-corrected chi connectivity index (χ1v) is 7.27. The molecular weight excluding hydrogens is 234 g/mol. The normalized spacial score (nSPS) is 12.7. The van der Waals surface area contributed by atoms with E-state index in [0.717, 1.165) is 42.5 Å². The smallest absolute Gasteiger partial charge is 0.161 e. The molecule has 2 nitrogen and oxygen atoms in total. The van der Waals surface area contributed by atoms with E-state index in [1.165, 1.54) is 0 Å². The summed E-state index contributed by atoms with van der Waals surface area (Å²) in [5, 5.41) is 3.53. The van der Waals surface area contributed by atoms with E-state index in [0.29, 0.717) is 6.04 Å². The molecule has 0 aliphatic carbocycles. The molecule has 0 spiro atoms. The Morgan fingerprint density at radius 2 is 1.74 bits per heavy atom. The minimum absolute atomic E-state index is 0.0919. The van der Waals surface area contributed by atoms with Crippen LogP contribution >= 0.6 is 0 Å². The third kappa shape index (κ3) is 7.00. The Labute approximate surface area is 118 Å². The zero-order valence-electron chi connectivity index (χ0n) is 13.2. The minimum atomic E-state index is 0.0919. The van der Waals surface area contributed by atoms with Gasteiger partial charge in [0.15, 0.2) is 5.78 Å². The highest BCUT2D eigenvalue weighted by molar-refractivity contribution is 5.97. The maximum atomic E-state index is 11.7. The maximum Gasteiger partial charge on any atom is 0.161 e. The summed E-state index contributed by atoms with van der Waals surface area (Å²) in [4.78, 5) is 11.7. The Bertz CT molecular complexity index is 357. The van der Waals surface area contributed by atoms with Gasteiger partial charge in [-0.15, -0.1) is 0 Å². The lowest BCUT2D eigenvalue weighted by molar-refractivity contribution is -0.113. The monoisotopic (exact) mass is 263 g/mol. The van der Waals surface area contributed by atoms with E-state index in [2.05, 4.69) is 25.7 Å². The van der Waals surface area contributed by atoms with Crippen LogP contribution in [0.25, 0.3) is 0 Å². The number of carbonyl (C=O) groups is 1. The highest BCUT2D eigenvalue weighted by Crippen LogP contribution is 2.15. The first-order chi connectivity index (χ1) is 8.96. The number of rotatable bonds is 9. The van der Waals surface area contributed by atoms with E-state index in [4.69, 9.17) is 0 Å². The molecule has 0 unspecified atom stereocenters. The summed E-state index contributed by atoms with van der Waals surface area (Å²) in [6.45, 7) is 13.8. The Morgan fingerprint density at radius 3 is 2.05 bits per heavy atom. The van der Waals surface area contributed by atoms with Crippen molar-refractivity contribution >= 4 is 5.78 Å². The average molecular weight is 263 g/mol. The van der Waals surface area contributed by atoms with Gasteiger partial charge in [0.25, 0.3) is 0 Å². The second-order valence-corrected chi connectivity index (χ2v) is 5.08. The van der Waals surface area contributed by atoms with Crippen molar-refractivity contribution in [3.8, 4) is 0 Å². The molecule has 0 aliphatic rings. The SMILES string of the molecule is C=C(C)/C=C(NC(CCC)CCC)\C(=C/C)C(C)=O. The average Bonchev–Trinajstić information content (AvgIpc) is 2.29. The zero-order valence-corrected chi connectivity index (χ0v) is 13.2. The molecule has 0 saturated heterocycles. The van der Waals surface area contributed by atoms with Crippen molar-refractivity contribution < 1.29 is 4.79 Å². The summed E-state index contributed by atoms with van der Waals surface area (Å²) in [6.07, 6.45) is 8.37. The molecule has 0 aromatic rings. The number of Topliss-reactive ketones (excluding diaryl/α,β-unsaturated/α-hetero) is 1. The third-order valence-corrected chi connectivity index (χ3v) is 2.98. The van der Waals surface area contributed by atoms with Gasteiger partial charge in [0.2, 0.25) is 0 Å². The van der Waals surface area contributed by atoms with Gasteiger partial charge in [0, 0.05) is 17.3 Å². The Hall–Kier alpha value is -1.31. The second-order valence-electron chi connectivity index (χ2n) is 5.08. The summed E-state index contributed by atoms with van der Waals surface area (Å²) in [7, 11) is 0. The van der Waals surface area contributed by atoms with Gasteiger partial charge >= 0.3 is 0 Å². The maximum absolute atomic E-state index is 11.7. The minimum Gasteiger partial charge on any atom is -0.382 e. The summed E-state index contributed by atoms with van der Waals surface area (Å²) in [5.41, 5.74) is 2.62. The van der Waals surface area contributed by atoms with Crippen molar-refractivity contribution in [3.05, 3.63) is 35.6 Å². The van der Waals surface area contributed by atoms with Crippen molar-refractivity contribution in [2.45, 2.75) is 66.3 Å². The molecule has 0 bridgehead atoms. The molecule has 0 aromatic carbocycles. The van der Waals surface area contributed by atoms with Gasteiger partial charge in [-0.05, 0) is 39.7 Å². The van der Waals surface area contributed by atoms with E-state index in [-0.39, 0.29) is 5.78 Å². The summed E-state index contributed by atoms with van der Waals surface area (Å²) in [5.74, 6) is 0.0919. The Morgan fingerprint density at radius 1 is 1.21 bits per heavy atom. The van der Waals surface area contributed by atoms with Crippen LogP contribution in [0, 0.1) is 0 Å². The van der Waals surface area contributed by atoms with Crippen LogP contribution in [-0.2, 0) is 4.79 Å². The van der Waals surface area contributed by atoms with Crippen LogP contribution < -0.4 is 5.32 Å². The van der Waals surface area contributed by atoms with Gasteiger partial charge in [-0.2, -0.15) is 0 Å². The first-order valence-electron chi connectivity index (χ1n) is 7.27. The van der Waals surface area contributed by atoms with Gasteiger partial charge in [0.1, 0.15) is 0 Å². The third-order valence-electron chi connectivity index (χ3n) is 2.98. The fourth-order valence-corrected chi connectivity index (χ4v) is 2.20. The highest BCUT2D eigenvalue weighted by atomic mass is 16.1. The summed E-state index contributed by atoms with van der Waals surface area (Å²) in [6, 6.07) is 0.426. The van der Waals surface area contributed by atoms with Crippen LogP contribution in [0.4, 0.5) is 0 Å². The predicted octanol–water partition coefficient (Wildman–Crippen LogP) is 4.54. The fourth-order valence-electron chi connectivity index (χ4n) is 2.20. The lowest BCUT2D eigenvalue weighted by atomic mass is 10.0. The van der Waals surface area contributed by atoms with Crippen LogP contribution in [0.2, 0.25) is 0 Å². The van der Waals surface area contributed by atoms with Crippen molar-refractivity contribution in [2.24, 2.45) is 0 Å². The number of hydrogen-bond donors (Lipinski definition) is 1. The standard InChI is InChI=1S/C17H29NO/c1-7-10-15(11-8-2)18-17(12-13(4)5)16(9-3)14(6)19/h9,12,15,18H,4,7-8,10-11H2,1-3,5-6H3/b16-9-,17-12+. The lowest BCUT2D eigenvalue weighted by Crippen LogP contribution is -2.30. The van der Waals surface area contributed by atoms with Gasteiger partial charge in [-0.25, -0.2) is 0 Å². The Balaban J connectivity index is 5.16. The first kappa shape index (κ1) is 17.7. The van der Waals surface area contributed by atoms with Crippen LogP contribution in [-0.4, -0.2) is 11.8 Å². The second kappa shape index (κ2) is 9.60. The Kier molecular flexibility index (Phi) is 8.94. The lowest BCUT2D eigenvalue weighted by Gasteiger charge is -2.22. The van der Waals surface area contributed by atoms with Gasteiger partial charge < -0.3 is 5.32 Å². The molecule has 108 valence electrons. The number of hydrogen-bond acceptors (Lipinski definition) is 2. The molecule has 0 amide bonds. The van der Waals surface area contributed by atoms with Crippen molar-refractivity contribution in [3.63, 3.8) is 0 Å². The molecular formula is C17H29NO. The van der Waals surface area contributed by atoms with E-state index in [9.17, 15) is 4.79 Å². The van der Waals surface area contributed by atoms with E-state index in [1.807, 2.05) is 26.0 Å². The highest BCUT2D eigenvalue weighted by Gasteiger charge is 2.14. The molecule has 0 aliphatic heterocycles. The van der Waals surface area contributed by atoms with Crippen molar-refractivity contribution in [1.82, 2.24) is 5.32 Å². The van der Waals surface area contributed by atoms with Gasteiger partial charge in [0.05, 0.1) is 0 Å². The molecule has 0 saturated carbocycles.